The van der Waals surface area contributed by atoms with Gasteiger partial charge in [-0.15, -0.1) is 11.3 Å². The fourth-order valence-electron chi connectivity index (χ4n) is 6.65. The molecule has 0 saturated heterocycles. The Morgan fingerprint density at radius 2 is 1.73 bits per heavy atom. The largest absolute Gasteiger partial charge is 0.344 e. The van der Waals surface area contributed by atoms with Gasteiger partial charge in [0.15, 0.2) is 5.13 Å². The summed E-state index contributed by atoms with van der Waals surface area (Å²) in [5.74, 6) is -0.256. The highest BCUT2D eigenvalue weighted by Crippen LogP contribution is 2.64. The van der Waals surface area contributed by atoms with Gasteiger partial charge in [-0.25, -0.2) is 21.3 Å². The second kappa shape index (κ2) is 9.36. The fourth-order valence-corrected chi connectivity index (χ4v) is 7.36. The van der Waals surface area contributed by atoms with E-state index in [-0.39, 0.29) is 17.5 Å². The average molecular weight is 556 g/mol. The second-order valence-electron chi connectivity index (χ2n) is 11.0. The monoisotopic (exact) mass is 555 g/mol. The van der Waals surface area contributed by atoms with Crippen molar-refractivity contribution < 1.29 is 4.79 Å². The molecular weight excluding hydrogens is 530 g/mol. The summed E-state index contributed by atoms with van der Waals surface area (Å²) < 4.78 is 0. The number of rotatable bonds is 5. The average Bonchev–Trinajstić information content (AvgIpc) is 3.44. The number of benzene rings is 3. The number of carbonyl (C=O) groups excluding carboxylic acids is 1. The van der Waals surface area contributed by atoms with Crippen LogP contribution in [-0.2, 0) is 16.8 Å². The Morgan fingerprint density at radius 3 is 2.37 bits per heavy atom. The predicted molar refractivity (Wildman–Crippen MR) is 159 cm³/mol. The molecular formula is C33H25N5O2S. The van der Waals surface area contributed by atoms with Crippen LogP contribution in [0.5, 0.6) is 0 Å². The number of amides is 1. The smallest absolute Gasteiger partial charge is 0.312 e. The number of H-pyrrole nitrogens is 1. The third-order valence-corrected chi connectivity index (χ3v) is 9.33. The summed E-state index contributed by atoms with van der Waals surface area (Å²) >= 11 is 1.41. The molecule has 1 amide bonds. The number of aromatic nitrogens is 3. The van der Waals surface area contributed by atoms with Gasteiger partial charge in [0.2, 0.25) is 5.91 Å². The standard InChI is InChI=1S/C33H25N5O2S/c1-32(19-33(34-2)26-9-5-3-7-24(26)28(32)25-8-4-6-10-27(25)33)29(39)38-31-37-23(18-41-31)15-20-11-13-21(14-12-20)22-16-35-30(40)36-17-22/h3-14,16-18,28H,15,19H2,1H3,(H,35,36,40)(H,37,38,39). The molecule has 200 valence electrons. The summed E-state index contributed by atoms with van der Waals surface area (Å²) in [6, 6.07) is 24.2. The minimum Gasteiger partial charge on any atom is -0.312 e. The van der Waals surface area contributed by atoms with Gasteiger partial charge in [-0.1, -0.05) is 72.8 Å². The van der Waals surface area contributed by atoms with E-state index in [1.165, 1.54) is 11.3 Å². The summed E-state index contributed by atoms with van der Waals surface area (Å²) in [5.41, 5.74) is 5.83. The first kappa shape index (κ1) is 25.1. The molecule has 3 aliphatic carbocycles. The first-order chi connectivity index (χ1) is 19.9. The minimum absolute atomic E-state index is 0.112. The lowest BCUT2D eigenvalue weighted by Crippen LogP contribution is -2.53. The van der Waals surface area contributed by atoms with Gasteiger partial charge in [0.1, 0.15) is 0 Å². The lowest BCUT2D eigenvalue weighted by Gasteiger charge is -2.51. The number of fused-ring (bicyclic) bond motifs is 1. The van der Waals surface area contributed by atoms with Crippen LogP contribution >= 0.6 is 11.3 Å². The number of nitrogens with one attached hydrogen (secondary N) is 2. The molecule has 5 aromatic rings. The van der Waals surface area contributed by atoms with Crippen molar-refractivity contribution in [2.75, 3.05) is 5.32 Å². The van der Waals surface area contributed by atoms with Gasteiger partial charge in [0.05, 0.1) is 11.1 Å². The summed E-state index contributed by atoms with van der Waals surface area (Å²) in [5, 5.41) is 5.64. The highest BCUT2D eigenvalue weighted by Gasteiger charge is 2.64. The van der Waals surface area contributed by atoms with Crippen LogP contribution in [0.1, 0.15) is 52.8 Å². The molecule has 7 nitrogen and oxygen atoms in total. The van der Waals surface area contributed by atoms with Crippen molar-refractivity contribution in [2.45, 2.75) is 31.2 Å². The van der Waals surface area contributed by atoms with Crippen LogP contribution in [-0.4, -0.2) is 20.9 Å². The topological polar surface area (TPSA) is 92.1 Å². The van der Waals surface area contributed by atoms with Crippen LogP contribution in [0.15, 0.2) is 95.4 Å². The summed E-state index contributed by atoms with van der Waals surface area (Å²) in [6.07, 6.45) is 4.25. The van der Waals surface area contributed by atoms with Gasteiger partial charge in [0, 0.05) is 53.2 Å². The molecule has 8 heteroatoms. The fraction of sp³-hybridized carbons (Fsp3) is 0.182. The summed E-state index contributed by atoms with van der Waals surface area (Å²) in [7, 11) is 0. The summed E-state index contributed by atoms with van der Waals surface area (Å²) in [6.45, 7) is 10.3. The molecule has 2 heterocycles. The Balaban J connectivity index is 1.13. The Kier molecular flexibility index (Phi) is 5.73. The highest BCUT2D eigenvalue weighted by atomic mass is 32.1. The molecule has 2 aromatic heterocycles. The van der Waals surface area contributed by atoms with Crippen molar-refractivity contribution in [1.82, 2.24) is 15.0 Å². The quantitative estimate of drug-likeness (QED) is 0.255. The molecule has 1 atom stereocenters. The zero-order valence-corrected chi connectivity index (χ0v) is 23.0. The summed E-state index contributed by atoms with van der Waals surface area (Å²) in [4.78, 5) is 40.6. The van der Waals surface area contributed by atoms with Gasteiger partial charge in [-0.3, -0.25) is 9.64 Å². The molecule has 0 spiro atoms. The molecule has 0 radical (unpaired) electrons. The third-order valence-electron chi connectivity index (χ3n) is 8.52. The minimum atomic E-state index is -0.890. The first-order valence-electron chi connectivity index (χ1n) is 13.4. The van der Waals surface area contributed by atoms with Crippen LogP contribution in [0.25, 0.3) is 16.0 Å². The van der Waals surface area contributed by atoms with Crippen LogP contribution in [0.4, 0.5) is 5.13 Å². The highest BCUT2D eigenvalue weighted by molar-refractivity contribution is 7.13. The van der Waals surface area contributed by atoms with E-state index in [2.05, 4.69) is 32.3 Å². The van der Waals surface area contributed by atoms with E-state index in [0.29, 0.717) is 18.0 Å². The van der Waals surface area contributed by atoms with Crippen molar-refractivity contribution in [2.24, 2.45) is 5.41 Å². The molecule has 3 aliphatic rings. The number of aromatic amines is 1. The van der Waals surface area contributed by atoms with Crippen LogP contribution in [0.2, 0.25) is 0 Å². The molecule has 8 rings (SSSR count). The van der Waals surface area contributed by atoms with Crippen molar-refractivity contribution in [3.05, 3.63) is 146 Å². The van der Waals surface area contributed by atoms with Crippen molar-refractivity contribution in [1.29, 1.82) is 0 Å². The number of nitrogens with zero attached hydrogens (tertiary/aromatic N) is 3. The van der Waals surface area contributed by atoms with E-state index >= 15 is 0 Å². The van der Waals surface area contributed by atoms with Gasteiger partial charge >= 0.3 is 5.69 Å². The Labute approximate surface area is 240 Å². The van der Waals surface area contributed by atoms with Crippen LogP contribution in [0.3, 0.4) is 0 Å². The number of anilines is 1. The predicted octanol–water partition coefficient (Wildman–Crippen LogP) is 6.14. The van der Waals surface area contributed by atoms with Crippen LogP contribution < -0.4 is 11.0 Å². The zero-order chi connectivity index (χ0) is 28.2. The number of hydrogen-bond acceptors (Lipinski definition) is 5. The SMILES string of the molecule is [C-]#[N+]C12CC(C)(C(=O)Nc3nc(Cc4ccc(-c5cnc(=O)[nH]c5)cc4)cs3)C(c3ccccc31)c1ccccc12. The van der Waals surface area contributed by atoms with Gasteiger partial charge in [-0.05, 0) is 29.2 Å². The lowest BCUT2D eigenvalue weighted by molar-refractivity contribution is -0.127. The number of hydrogen-bond donors (Lipinski definition) is 2. The van der Waals surface area contributed by atoms with Gasteiger partial charge in [0.25, 0.3) is 5.54 Å². The molecule has 41 heavy (non-hydrogen) atoms. The second-order valence-corrected chi connectivity index (χ2v) is 11.8. The van der Waals surface area contributed by atoms with E-state index in [1.54, 1.807) is 12.4 Å². The van der Waals surface area contributed by atoms with E-state index in [0.717, 1.165) is 44.6 Å². The van der Waals surface area contributed by atoms with Gasteiger partial charge < -0.3 is 10.3 Å². The zero-order valence-electron chi connectivity index (χ0n) is 22.2. The van der Waals surface area contributed by atoms with E-state index in [9.17, 15) is 9.59 Å². The van der Waals surface area contributed by atoms with E-state index in [4.69, 9.17) is 11.6 Å². The molecule has 0 aliphatic heterocycles. The Bertz CT molecular complexity index is 1850. The van der Waals surface area contributed by atoms with E-state index < -0.39 is 11.0 Å². The molecule has 0 fully saturated rings. The van der Waals surface area contributed by atoms with Crippen molar-refractivity contribution in [3.8, 4) is 11.1 Å². The maximum Gasteiger partial charge on any atom is 0.344 e. The number of thiazole rings is 1. The Morgan fingerprint density at radius 1 is 1.05 bits per heavy atom. The molecule has 1 unspecified atom stereocenters. The Hall–Kier alpha value is -4.87. The normalized spacial score (nSPS) is 21.9. The van der Waals surface area contributed by atoms with Gasteiger partial charge in [-0.2, -0.15) is 0 Å². The molecule has 3 aromatic carbocycles. The van der Waals surface area contributed by atoms with E-state index in [1.807, 2.05) is 73.0 Å². The molecule has 2 N–H and O–H groups in total. The number of carbonyl (C=O) groups is 1. The maximum absolute atomic E-state index is 14.0. The van der Waals surface area contributed by atoms with Crippen molar-refractivity contribution >= 4 is 22.4 Å². The molecule has 2 bridgehead atoms. The third kappa shape index (κ3) is 3.92. The maximum atomic E-state index is 14.0. The van der Waals surface area contributed by atoms with Crippen molar-refractivity contribution in [3.63, 3.8) is 0 Å². The lowest BCUT2D eigenvalue weighted by atomic mass is 9.49. The first-order valence-corrected chi connectivity index (χ1v) is 14.3. The molecule has 0 saturated carbocycles. The van der Waals surface area contributed by atoms with Crippen LogP contribution in [0, 0.1) is 12.0 Å².